The Balaban J connectivity index is 1.69. The minimum atomic E-state index is 0.619. The molecule has 20 heavy (non-hydrogen) atoms. The van der Waals surface area contributed by atoms with Crippen LogP contribution in [0.5, 0.6) is 0 Å². The maximum absolute atomic E-state index is 5.67. The van der Waals surface area contributed by atoms with Gasteiger partial charge in [0.1, 0.15) is 0 Å². The average Bonchev–Trinajstić information content (AvgIpc) is 3.34. The topological polar surface area (TPSA) is 29.3 Å². The zero-order valence-corrected chi connectivity index (χ0v) is 11.8. The molecule has 0 bridgehead atoms. The van der Waals surface area contributed by atoms with Crippen LogP contribution in [0.15, 0.2) is 54.6 Å². The van der Waals surface area contributed by atoms with Crippen molar-refractivity contribution in [1.29, 1.82) is 0 Å². The number of hydrogen-bond donors (Lipinski definition) is 1. The smallest absolute Gasteiger partial charge is 0.0369 e. The van der Waals surface area contributed by atoms with Crippen molar-refractivity contribution in [2.24, 2.45) is 5.73 Å². The van der Waals surface area contributed by atoms with E-state index in [2.05, 4.69) is 59.5 Å². The van der Waals surface area contributed by atoms with Gasteiger partial charge in [0.15, 0.2) is 0 Å². The highest BCUT2D eigenvalue weighted by atomic mass is 15.2. The summed E-state index contributed by atoms with van der Waals surface area (Å²) in [6, 6.07) is 20.2. The first-order valence-electron chi connectivity index (χ1n) is 7.46. The summed E-state index contributed by atoms with van der Waals surface area (Å²) in [6.45, 7) is 1.71. The first kappa shape index (κ1) is 13.2. The van der Waals surface area contributed by atoms with Gasteiger partial charge in [-0.1, -0.05) is 42.5 Å². The third kappa shape index (κ3) is 3.20. The fourth-order valence-corrected chi connectivity index (χ4v) is 2.63. The molecule has 2 aromatic rings. The average molecular weight is 266 g/mol. The predicted octanol–water partition coefficient (Wildman–Crippen LogP) is 3.36. The molecule has 2 heteroatoms. The standard InChI is InChI=1S/C18H22N2/c19-14-16-6-8-17(9-7-16)20(18-10-11-18)13-12-15-4-2-1-3-5-15/h1-9,18H,10-14,19H2. The second-order valence-corrected chi connectivity index (χ2v) is 5.53. The van der Waals surface area contributed by atoms with E-state index < -0.39 is 0 Å². The Kier molecular flexibility index (Phi) is 4.03. The Morgan fingerprint density at radius 2 is 1.60 bits per heavy atom. The first-order valence-corrected chi connectivity index (χ1v) is 7.46. The van der Waals surface area contributed by atoms with Crippen LogP contribution < -0.4 is 10.6 Å². The number of anilines is 1. The van der Waals surface area contributed by atoms with Crippen LogP contribution >= 0.6 is 0 Å². The van der Waals surface area contributed by atoms with Crippen LogP contribution in [-0.4, -0.2) is 12.6 Å². The number of rotatable bonds is 6. The van der Waals surface area contributed by atoms with Gasteiger partial charge in [0.25, 0.3) is 0 Å². The Morgan fingerprint density at radius 3 is 2.20 bits per heavy atom. The molecule has 104 valence electrons. The van der Waals surface area contributed by atoms with Gasteiger partial charge in [-0.25, -0.2) is 0 Å². The molecule has 1 aliphatic rings. The quantitative estimate of drug-likeness (QED) is 0.868. The normalized spacial score (nSPS) is 14.2. The van der Waals surface area contributed by atoms with Crippen LogP contribution in [0.4, 0.5) is 5.69 Å². The summed E-state index contributed by atoms with van der Waals surface area (Å²) in [4.78, 5) is 2.55. The third-order valence-corrected chi connectivity index (χ3v) is 3.98. The summed E-state index contributed by atoms with van der Waals surface area (Å²) in [5.41, 5.74) is 9.62. The van der Waals surface area contributed by atoms with Gasteiger partial charge in [-0.15, -0.1) is 0 Å². The van der Waals surface area contributed by atoms with Crippen molar-refractivity contribution in [2.45, 2.75) is 31.8 Å². The molecule has 0 aromatic heterocycles. The van der Waals surface area contributed by atoms with Crippen molar-refractivity contribution in [3.8, 4) is 0 Å². The van der Waals surface area contributed by atoms with Crippen molar-refractivity contribution in [3.63, 3.8) is 0 Å². The molecule has 1 saturated carbocycles. The van der Waals surface area contributed by atoms with Crippen molar-refractivity contribution in [2.75, 3.05) is 11.4 Å². The molecule has 0 atom stereocenters. The van der Waals surface area contributed by atoms with E-state index in [9.17, 15) is 0 Å². The van der Waals surface area contributed by atoms with E-state index in [0.717, 1.165) is 19.0 Å². The Labute approximate surface area is 121 Å². The SMILES string of the molecule is NCc1ccc(N(CCc2ccccc2)C2CC2)cc1. The van der Waals surface area contributed by atoms with Crippen LogP contribution in [0.3, 0.4) is 0 Å². The Hall–Kier alpha value is -1.80. The lowest BCUT2D eigenvalue weighted by Crippen LogP contribution is -2.28. The van der Waals surface area contributed by atoms with Crippen LogP contribution in [0.2, 0.25) is 0 Å². The van der Waals surface area contributed by atoms with Crippen LogP contribution in [0, 0.1) is 0 Å². The van der Waals surface area contributed by atoms with Gasteiger partial charge in [-0.3, -0.25) is 0 Å². The summed E-state index contributed by atoms with van der Waals surface area (Å²) in [5, 5.41) is 0. The van der Waals surface area contributed by atoms with Crippen molar-refractivity contribution < 1.29 is 0 Å². The molecule has 1 fully saturated rings. The van der Waals surface area contributed by atoms with E-state index in [1.165, 1.54) is 29.7 Å². The van der Waals surface area contributed by atoms with E-state index in [0.29, 0.717) is 6.54 Å². The molecule has 0 aliphatic heterocycles. The van der Waals surface area contributed by atoms with E-state index >= 15 is 0 Å². The highest BCUT2D eigenvalue weighted by molar-refractivity contribution is 5.50. The van der Waals surface area contributed by atoms with Gasteiger partial charge in [0.2, 0.25) is 0 Å². The zero-order chi connectivity index (χ0) is 13.8. The van der Waals surface area contributed by atoms with Crippen LogP contribution in [0.1, 0.15) is 24.0 Å². The Morgan fingerprint density at radius 1 is 0.900 bits per heavy atom. The number of benzene rings is 2. The first-order chi connectivity index (χ1) is 9.86. The van der Waals surface area contributed by atoms with E-state index in [1.807, 2.05) is 0 Å². The minimum absolute atomic E-state index is 0.619. The summed E-state index contributed by atoms with van der Waals surface area (Å²) in [7, 11) is 0. The van der Waals surface area contributed by atoms with E-state index in [-0.39, 0.29) is 0 Å². The summed E-state index contributed by atoms with van der Waals surface area (Å²) in [5.74, 6) is 0. The number of nitrogens with zero attached hydrogens (tertiary/aromatic N) is 1. The summed E-state index contributed by atoms with van der Waals surface area (Å²) in [6.07, 6.45) is 3.76. The molecule has 0 spiro atoms. The maximum Gasteiger partial charge on any atom is 0.0369 e. The number of nitrogens with two attached hydrogens (primary N) is 1. The van der Waals surface area contributed by atoms with Gasteiger partial charge in [-0.05, 0) is 42.5 Å². The molecule has 1 aliphatic carbocycles. The molecule has 0 heterocycles. The molecule has 0 unspecified atom stereocenters. The van der Waals surface area contributed by atoms with Gasteiger partial charge in [0.05, 0.1) is 0 Å². The van der Waals surface area contributed by atoms with Crippen molar-refractivity contribution >= 4 is 5.69 Å². The molecule has 0 saturated heterocycles. The Bertz CT molecular complexity index is 529. The molecule has 3 rings (SSSR count). The van der Waals surface area contributed by atoms with Gasteiger partial charge >= 0.3 is 0 Å². The van der Waals surface area contributed by atoms with Crippen LogP contribution in [0.25, 0.3) is 0 Å². The summed E-state index contributed by atoms with van der Waals surface area (Å²) < 4.78 is 0. The molecular weight excluding hydrogens is 244 g/mol. The fourth-order valence-electron chi connectivity index (χ4n) is 2.63. The molecule has 2 aromatic carbocycles. The van der Waals surface area contributed by atoms with Gasteiger partial charge in [-0.2, -0.15) is 0 Å². The largest absolute Gasteiger partial charge is 0.368 e. The second-order valence-electron chi connectivity index (χ2n) is 5.53. The number of hydrogen-bond acceptors (Lipinski definition) is 2. The molecular formula is C18H22N2. The van der Waals surface area contributed by atoms with Crippen LogP contribution in [-0.2, 0) is 13.0 Å². The highest BCUT2D eigenvalue weighted by Crippen LogP contribution is 2.31. The van der Waals surface area contributed by atoms with E-state index in [4.69, 9.17) is 5.73 Å². The van der Waals surface area contributed by atoms with Gasteiger partial charge in [0, 0.05) is 24.8 Å². The maximum atomic E-state index is 5.67. The molecule has 2 N–H and O–H groups in total. The fraction of sp³-hybridized carbons (Fsp3) is 0.333. The van der Waals surface area contributed by atoms with Crippen molar-refractivity contribution in [3.05, 3.63) is 65.7 Å². The van der Waals surface area contributed by atoms with E-state index in [1.54, 1.807) is 0 Å². The minimum Gasteiger partial charge on any atom is -0.368 e. The van der Waals surface area contributed by atoms with Crippen molar-refractivity contribution in [1.82, 2.24) is 0 Å². The lowest BCUT2D eigenvalue weighted by Gasteiger charge is -2.25. The zero-order valence-electron chi connectivity index (χ0n) is 11.8. The monoisotopic (exact) mass is 266 g/mol. The predicted molar refractivity (Wildman–Crippen MR) is 84.8 cm³/mol. The molecule has 0 radical (unpaired) electrons. The van der Waals surface area contributed by atoms with Gasteiger partial charge < -0.3 is 10.6 Å². The second kappa shape index (κ2) is 6.10. The molecule has 0 amide bonds. The highest BCUT2D eigenvalue weighted by Gasteiger charge is 2.28. The third-order valence-electron chi connectivity index (χ3n) is 3.98. The lowest BCUT2D eigenvalue weighted by molar-refractivity contribution is 0.777. The lowest BCUT2D eigenvalue weighted by atomic mass is 10.1. The molecule has 2 nitrogen and oxygen atoms in total. The summed E-state index contributed by atoms with van der Waals surface area (Å²) >= 11 is 0.